The summed E-state index contributed by atoms with van der Waals surface area (Å²) in [5.74, 6) is 0.826. The van der Waals surface area contributed by atoms with E-state index in [-0.39, 0.29) is 0 Å². The number of hydrogen-bond acceptors (Lipinski definition) is 3. The fraction of sp³-hybridized carbons (Fsp3) is 1.00. The van der Waals surface area contributed by atoms with E-state index in [4.69, 9.17) is 0 Å². The smallest absolute Gasteiger partial charge is 0.0536 e. The second-order valence-corrected chi connectivity index (χ2v) is 7.18. The Kier molecular flexibility index (Phi) is 4.27. The molecule has 0 aromatic rings. The van der Waals surface area contributed by atoms with Gasteiger partial charge in [-0.15, -0.1) is 23.5 Å². The molecule has 2 atom stereocenters. The highest BCUT2D eigenvalue weighted by molar-refractivity contribution is 8.18. The molecule has 1 N–H and O–H groups in total. The minimum atomic E-state index is 0.630. The van der Waals surface area contributed by atoms with Crippen LogP contribution in [0.2, 0.25) is 0 Å². The zero-order chi connectivity index (χ0) is 9.14. The molecule has 0 bridgehead atoms. The topological polar surface area (TPSA) is 12.0 Å². The summed E-state index contributed by atoms with van der Waals surface area (Å²) in [6.07, 6.45) is 1.34. The first-order chi connectivity index (χ1) is 5.58. The average molecular weight is 205 g/mol. The predicted molar refractivity (Wildman–Crippen MR) is 60.5 cm³/mol. The molecule has 1 rings (SSSR count). The van der Waals surface area contributed by atoms with Crippen molar-refractivity contribution in [2.24, 2.45) is 5.92 Å². The van der Waals surface area contributed by atoms with Crippen LogP contribution in [-0.4, -0.2) is 15.3 Å². The Hall–Kier alpha value is 0.660. The maximum atomic E-state index is 3.51. The molecule has 1 aliphatic rings. The summed E-state index contributed by atoms with van der Waals surface area (Å²) in [6, 6.07) is 0. The van der Waals surface area contributed by atoms with Gasteiger partial charge in [-0.1, -0.05) is 13.8 Å². The standard InChI is InChI=1S/C9H19NS2/c1-6(2)5-9-11-7(3)10-8(4)12-9/h6-10H,5H2,1-4H3. The third-order valence-electron chi connectivity index (χ3n) is 1.85. The van der Waals surface area contributed by atoms with Gasteiger partial charge in [0.2, 0.25) is 0 Å². The monoisotopic (exact) mass is 205 g/mol. The summed E-state index contributed by atoms with van der Waals surface area (Å²) in [5, 5.41) is 4.77. The second-order valence-electron chi connectivity index (χ2n) is 3.78. The van der Waals surface area contributed by atoms with Crippen LogP contribution < -0.4 is 5.32 Å². The molecule has 72 valence electrons. The van der Waals surface area contributed by atoms with Gasteiger partial charge in [-0.25, -0.2) is 0 Å². The normalized spacial score (nSPS) is 37.2. The molecule has 1 heterocycles. The van der Waals surface area contributed by atoms with Gasteiger partial charge in [0.25, 0.3) is 0 Å². The van der Waals surface area contributed by atoms with Crippen LogP contribution in [0, 0.1) is 5.92 Å². The largest absolute Gasteiger partial charge is 0.294 e. The maximum Gasteiger partial charge on any atom is 0.0536 e. The van der Waals surface area contributed by atoms with Crippen molar-refractivity contribution in [3.8, 4) is 0 Å². The van der Waals surface area contributed by atoms with E-state index in [2.05, 4.69) is 56.5 Å². The molecule has 0 spiro atoms. The molecule has 0 amide bonds. The van der Waals surface area contributed by atoms with Crippen molar-refractivity contribution < 1.29 is 0 Å². The molecule has 0 radical (unpaired) electrons. The van der Waals surface area contributed by atoms with Crippen LogP contribution in [-0.2, 0) is 0 Å². The van der Waals surface area contributed by atoms with Crippen LogP contribution in [0.5, 0.6) is 0 Å². The van der Waals surface area contributed by atoms with Crippen molar-refractivity contribution in [1.82, 2.24) is 5.32 Å². The van der Waals surface area contributed by atoms with Gasteiger partial charge in [-0.05, 0) is 26.2 Å². The van der Waals surface area contributed by atoms with Crippen molar-refractivity contribution in [3.63, 3.8) is 0 Å². The van der Waals surface area contributed by atoms with Gasteiger partial charge < -0.3 is 0 Å². The second kappa shape index (κ2) is 4.77. The number of nitrogens with one attached hydrogen (secondary N) is 1. The van der Waals surface area contributed by atoms with E-state index in [9.17, 15) is 0 Å². The van der Waals surface area contributed by atoms with Crippen LogP contribution in [0.3, 0.4) is 0 Å². The lowest BCUT2D eigenvalue weighted by Crippen LogP contribution is -2.37. The molecule has 0 saturated carbocycles. The molecule has 1 fully saturated rings. The Morgan fingerprint density at radius 3 is 2.08 bits per heavy atom. The van der Waals surface area contributed by atoms with Gasteiger partial charge in [0.05, 0.1) is 15.3 Å². The lowest BCUT2D eigenvalue weighted by Gasteiger charge is -2.32. The third-order valence-corrected chi connectivity index (χ3v) is 4.59. The fourth-order valence-corrected chi connectivity index (χ4v) is 5.20. The highest BCUT2D eigenvalue weighted by Crippen LogP contribution is 2.37. The molecule has 1 saturated heterocycles. The quantitative estimate of drug-likeness (QED) is 0.744. The summed E-state index contributed by atoms with van der Waals surface area (Å²) < 4.78 is 0.802. The Labute approximate surface area is 84.4 Å². The van der Waals surface area contributed by atoms with Gasteiger partial charge in [-0.2, -0.15) is 0 Å². The molecule has 1 aliphatic heterocycles. The molecule has 0 aliphatic carbocycles. The Bertz CT molecular complexity index is 126. The zero-order valence-corrected chi connectivity index (χ0v) is 9.97. The first-order valence-electron chi connectivity index (χ1n) is 4.65. The highest BCUT2D eigenvalue weighted by Gasteiger charge is 2.24. The predicted octanol–water partition coefficient (Wildman–Crippen LogP) is 3.12. The first kappa shape index (κ1) is 10.7. The molecular weight excluding hydrogens is 186 g/mol. The SMILES string of the molecule is CC(C)CC1SC(C)NC(C)S1. The molecule has 0 aromatic heterocycles. The van der Waals surface area contributed by atoms with E-state index in [1.807, 2.05) is 0 Å². The summed E-state index contributed by atoms with van der Waals surface area (Å²) >= 11 is 4.14. The average Bonchev–Trinajstić information content (AvgIpc) is 1.81. The third kappa shape index (κ3) is 3.58. The van der Waals surface area contributed by atoms with E-state index in [0.717, 1.165) is 10.5 Å². The van der Waals surface area contributed by atoms with Crippen molar-refractivity contribution >= 4 is 23.5 Å². The Balaban J connectivity index is 2.34. The van der Waals surface area contributed by atoms with Crippen LogP contribution in [0.25, 0.3) is 0 Å². The molecular formula is C9H19NS2. The number of rotatable bonds is 2. The molecule has 2 unspecified atom stereocenters. The minimum Gasteiger partial charge on any atom is -0.294 e. The van der Waals surface area contributed by atoms with Gasteiger partial charge in [0.1, 0.15) is 0 Å². The molecule has 3 heteroatoms. The van der Waals surface area contributed by atoms with E-state index in [1.165, 1.54) is 6.42 Å². The summed E-state index contributed by atoms with van der Waals surface area (Å²) in [4.78, 5) is 0. The first-order valence-corrected chi connectivity index (χ1v) is 6.53. The van der Waals surface area contributed by atoms with Crippen molar-refractivity contribution in [2.45, 2.75) is 49.4 Å². The lowest BCUT2D eigenvalue weighted by atomic mass is 10.2. The Morgan fingerprint density at radius 2 is 1.67 bits per heavy atom. The van der Waals surface area contributed by atoms with Gasteiger partial charge in [0, 0.05) is 0 Å². The highest BCUT2D eigenvalue weighted by atomic mass is 32.2. The van der Waals surface area contributed by atoms with Crippen molar-refractivity contribution in [3.05, 3.63) is 0 Å². The van der Waals surface area contributed by atoms with Crippen LogP contribution in [0.4, 0.5) is 0 Å². The molecule has 0 aromatic carbocycles. The van der Waals surface area contributed by atoms with Gasteiger partial charge in [-0.3, -0.25) is 5.32 Å². The van der Waals surface area contributed by atoms with Crippen LogP contribution in [0.1, 0.15) is 34.1 Å². The van der Waals surface area contributed by atoms with E-state index < -0.39 is 0 Å². The molecule has 1 nitrogen and oxygen atoms in total. The molecule has 12 heavy (non-hydrogen) atoms. The summed E-state index contributed by atoms with van der Waals surface area (Å²) in [6.45, 7) is 9.12. The minimum absolute atomic E-state index is 0.630. The zero-order valence-electron chi connectivity index (χ0n) is 8.33. The van der Waals surface area contributed by atoms with Crippen molar-refractivity contribution in [1.29, 1.82) is 0 Å². The number of hydrogen-bond donors (Lipinski definition) is 1. The summed E-state index contributed by atoms with van der Waals surface area (Å²) in [5.41, 5.74) is 0. The van der Waals surface area contributed by atoms with E-state index in [1.54, 1.807) is 0 Å². The number of thioether (sulfide) groups is 2. The fourth-order valence-electron chi connectivity index (χ4n) is 1.39. The summed E-state index contributed by atoms with van der Waals surface area (Å²) in [7, 11) is 0. The maximum absolute atomic E-state index is 3.51. The van der Waals surface area contributed by atoms with Crippen LogP contribution in [0.15, 0.2) is 0 Å². The van der Waals surface area contributed by atoms with E-state index >= 15 is 0 Å². The van der Waals surface area contributed by atoms with Gasteiger partial charge in [0.15, 0.2) is 0 Å². The van der Waals surface area contributed by atoms with Crippen molar-refractivity contribution in [2.75, 3.05) is 0 Å². The van der Waals surface area contributed by atoms with Crippen LogP contribution >= 0.6 is 23.5 Å². The lowest BCUT2D eigenvalue weighted by molar-refractivity contribution is 0.603. The Morgan fingerprint density at radius 1 is 1.17 bits per heavy atom. The van der Waals surface area contributed by atoms with E-state index in [0.29, 0.717) is 10.7 Å². The van der Waals surface area contributed by atoms with Gasteiger partial charge >= 0.3 is 0 Å².